The van der Waals surface area contributed by atoms with Gasteiger partial charge in [0.15, 0.2) is 5.82 Å². The van der Waals surface area contributed by atoms with Crippen LogP contribution in [-0.4, -0.2) is 63.9 Å². The molecular formula is C18H18F3N5O3S. The fourth-order valence-electron chi connectivity index (χ4n) is 3.48. The van der Waals surface area contributed by atoms with Gasteiger partial charge in [0, 0.05) is 19.2 Å². The molecule has 30 heavy (non-hydrogen) atoms. The molecule has 160 valence electrons. The summed E-state index contributed by atoms with van der Waals surface area (Å²) in [6, 6.07) is 3.72. The van der Waals surface area contributed by atoms with E-state index in [1.54, 1.807) is 0 Å². The van der Waals surface area contributed by atoms with Crippen LogP contribution in [-0.2, 0) is 10.0 Å². The first-order valence-electron chi connectivity index (χ1n) is 9.03. The Bertz CT molecular complexity index is 1200. The van der Waals surface area contributed by atoms with E-state index < -0.39 is 45.2 Å². The first kappa shape index (κ1) is 20.6. The second-order valence-corrected chi connectivity index (χ2v) is 9.06. The zero-order valence-electron chi connectivity index (χ0n) is 15.8. The van der Waals surface area contributed by atoms with Gasteiger partial charge in [0.1, 0.15) is 17.2 Å². The summed E-state index contributed by atoms with van der Waals surface area (Å²) in [6.07, 6.45) is 1.47. The molecular weight excluding hydrogens is 423 g/mol. The van der Waals surface area contributed by atoms with Gasteiger partial charge < -0.3 is 10.4 Å². The lowest BCUT2D eigenvalue weighted by Gasteiger charge is -2.34. The molecule has 1 aliphatic rings. The smallest absolute Gasteiger partial charge is 0.241 e. The number of anilines is 1. The predicted octanol–water partition coefficient (Wildman–Crippen LogP) is 1.62. The summed E-state index contributed by atoms with van der Waals surface area (Å²) in [6.45, 7) is 0.0994. The fourth-order valence-corrected chi connectivity index (χ4v) is 4.34. The van der Waals surface area contributed by atoms with Crippen molar-refractivity contribution in [3.63, 3.8) is 0 Å². The number of piperidine rings is 1. The summed E-state index contributed by atoms with van der Waals surface area (Å²) in [5, 5.41) is 17.3. The number of aliphatic hydroxyl groups excluding tert-OH is 1. The average molecular weight is 441 g/mol. The Morgan fingerprint density at radius 1 is 1.20 bits per heavy atom. The maximum atomic E-state index is 14.3. The Balaban J connectivity index is 1.66. The SMILES string of the molecule is CS(=O)(=O)N1CC[C@@H](Nc2ncc3c(F)cc(-c4c(F)cccc4F)n3n2)[C@H](O)C1. The molecule has 0 saturated carbocycles. The Morgan fingerprint density at radius 3 is 2.53 bits per heavy atom. The standard InChI is InChI=1S/C18H18F3N5O3S/c1-30(28,29)25-6-5-13(16(27)9-25)23-18-22-8-15-12(21)7-14(26(15)24-18)17-10(19)3-2-4-11(17)20/h2-4,7-8,13,16,27H,5-6,9H2,1H3,(H,23,24)/t13-,16-/m1/s1. The van der Waals surface area contributed by atoms with E-state index in [1.807, 2.05) is 0 Å². The lowest BCUT2D eigenvalue weighted by Crippen LogP contribution is -2.51. The monoisotopic (exact) mass is 441 g/mol. The Kier molecular flexibility index (Phi) is 5.16. The highest BCUT2D eigenvalue weighted by Gasteiger charge is 2.32. The molecule has 2 N–H and O–H groups in total. The molecule has 0 bridgehead atoms. The molecule has 3 heterocycles. The van der Waals surface area contributed by atoms with E-state index in [0.29, 0.717) is 0 Å². The second kappa shape index (κ2) is 7.52. The van der Waals surface area contributed by atoms with Crippen LogP contribution in [0.2, 0.25) is 0 Å². The maximum absolute atomic E-state index is 14.3. The Labute approximate surface area is 170 Å². The molecule has 2 aromatic heterocycles. The molecule has 1 aromatic carbocycles. The number of rotatable bonds is 4. The highest BCUT2D eigenvalue weighted by atomic mass is 32.2. The highest BCUT2D eigenvalue weighted by molar-refractivity contribution is 7.88. The number of hydrogen-bond donors (Lipinski definition) is 2. The number of benzene rings is 1. The highest BCUT2D eigenvalue weighted by Crippen LogP contribution is 2.29. The molecule has 0 amide bonds. The lowest BCUT2D eigenvalue weighted by atomic mass is 10.0. The number of fused-ring (bicyclic) bond motifs is 1. The normalized spacial score (nSPS) is 20.6. The molecule has 0 spiro atoms. The molecule has 12 heteroatoms. The zero-order valence-corrected chi connectivity index (χ0v) is 16.6. The predicted molar refractivity (Wildman–Crippen MR) is 103 cm³/mol. The molecule has 1 saturated heterocycles. The van der Waals surface area contributed by atoms with Gasteiger partial charge in [0.05, 0.1) is 35.9 Å². The van der Waals surface area contributed by atoms with Crippen LogP contribution in [0.5, 0.6) is 0 Å². The van der Waals surface area contributed by atoms with E-state index in [9.17, 15) is 26.7 Å². The van der Waals surface area contributed by atoms with Gasteiger partial charge in [-0.1, -0.05) is 6.07 Å². The summed E-state index contributed by atoms with van der Waals surface area (Å²) in [5.41, 5.74) is -0.635. The Hall–Kier alpha value is -2.70. The first-order valence-corrected chi connectivity index (χ1v) is 10.9. The molecule has 0 unspecified atom stereocenters. The summed E-state index contributed by atoms with van der Waals surface area (Å²) in [5.74, 6) is -2.49. The van der Waals surface area contributed by atoms with Gasteiger partial charge >= 0.3 is 0 Å². The van der Waals surface area contributed by atoms with E-state index in [2.05, 4.69) is 15.4 Å². The van der Waals surface area contributed by atoms with Gasteiger partial charge in [-0.25, -0.2) is 31.1 Å². The summed E-state index contributed by atoms with van der Waals surface area (Å²) < 4.78 is 68.2. The van der Waals surface area contributed by atoms with Crippen molar-refractivity contribution in [1.82, 2.24) is 18.9 Å². The van der Waals surface area contributed by atoms with Crippen LogP contribution >= 0.6 is 0 Å². The quantitative estimate of drug-likeness (QED) is 0.638. The molecule has 1 fully saturated rings. The number of β-amino-alcohol motifs (C(OH)–C–C–N with tert-alkyl or cyclic N) is 1. The number of halogens is 3. The van der Waals surface area contributed by atoms with Gasteiger partial charge in [-0.3, -0.25) is 0 Å². The minimum absolute atomic E-state index is 0.00652. The minimum atomic E-state index is -3.43. The van der Waals surface area contributed by atoms with Gasteiger partial charge in [-0.15, -0.1) is 5.10 Å². The van der Waals surface area contributed by atoms with E-state index in [1.165, 1.54) is 10.4 Å². The third-order valence-electron chi connectivity index (χ3n) is 5.02. The molecule has 0 aliphatic carbocycles. The molecule has 2 atom stereocenters. The van der Waals surface area contributed by atoms with E-state index in [-0.39, 0.29) is 36.7 Å². The maximum Gasteiger partial charge on any atom is 0.241 e. The van der Waals surface area contributed by atoms with Gasteiger partial charge in [0.2, 0.25) is 16.0 Å². The van der Waals surface area contributed by atoms with Crippen LogP contribution in [0, 0.1) is 17.5 Å². The number of aliphatic hydroxyl groups is 1. The Morgan fingerprint density at radius 2 is 1.90 bits per heavy atom. The van der Waals surface area contributed by atoms with Crippen molar-refractivity contribution >= 4 is 21.5 Å². The fraction of sp³-hybridized carbons (Fsp3) is 0.333. The largest absolute Gasteiger partial charge is 0.390 e. The topological polar surface area (TPSA) is 99.8 Å². The third kappa shape index (κ3) is 3.73. The zero-order chi connectivity index (χ0) is 21.6. The molecule has 0 radical (unpaired) electrons. The molecule has 4 rings (SSSR count). The van der Waals surface area contributed by atoms with Gasteiger partial charge in [-0.05, 0) is 18.6 Å². The van der Waals surface area contributed by atoms with Crippen molar-refractivity contribution in [2.45, 2.75) is 18.6 Å². The van der Waals surface area contributed by atoms with E-state index in [0.717, 1.165) is 35.2 Å². The van der Waals surface area contributed by atoms with Crippen LogP contribution in [0.15, 0.2) is 30.5 Å². The van der Waals surface area contributed by atoms with Crippen molar-refractivity contribution in [2.75, 3.05) is 24.7 Å². The summed E-state index contributed by atoms with van der Waals surface area (Å²) in [4.78, 5) is 4.00. The third-order valence-corrected chi connectivity index (χ3v) is 6.29. The molecule has 8 nitrogen and oxygen atoms in total. The van der Waals surface area contributed by atoms with Crippen molar-refractivity contribution in [3.05, 3.63) is 47.9 Å². The number of sulfonamides is 1. The minimum Gasteiger partial charge on any atom is -0.390 e. The van der Waals surface area contributed by atoms with Crippen LogP contribution in [0.3, 0.4) is 0 Å². The molecule has 3 aromatic rings. The lowest BCUT2D eigenvalue weighted by molar-refractivity contribution is 0.0950. The van der Waals surface area contributed by atoms with Gasteiger partial charge in [0.25, 0.3) is 0 Å². The number of hydrogen-bond acceptors (Lipinski definition) is 6. The summed E-state index contributed by atoms with van der Waals surface area (Å²) in [7, 11) is -3.43. The van der Waals surface area contributed by atoms with Crippen LogP contribution in [0.4, 0.5) is 19.1 Å². The van der Waals surface area contributed by atoms with Crippen LogP contribution in [0.1, 0.15) is 6.42 Å². The number of nitrogens with one attached hydrogen (secondary N) is 1. The van der Waals surface area contributed by atoms with Gasteiger partial charge in [-0.2, -0.15) is 4.31 Å². The summed E-state index contributed by atoms with van der Waals surface area (Å²) >= 11 is 0. The van der Waals surface area contributed by atoms with Crippen LogP contribution in [0.25, 0.3) is 16.8 Å². The number of aromatic nitrogens is 3. The van der Waals surface area contributed by atoms with E-state index in [4.69, 9.17) is 0 Å². The van der Waals surface area contributed by atoms with Crippen LogP contribution < -0.4 is 5.32 Å². The van der Waals surface area contributed by atoms with Crippen molar-refractivity contribution in [2.24, 2.45) is 0 Å². The van der Waals surface area contributed by atoms with E-state index >= 15 is 0 Å². The van der Waals surface area contributed by atoms with Crippen molar-refractivity contribution in [1.29, 1.82) is 0 Å². The first-order chi connectivity index (χ1) is 14.1. The average Bonchev–Trinajstić information content (AvgIpc) is 2.98. The second-order valence-electron chi connectivity index (χ2n) is 7.08. The van der Waals surface area contributed by atoms with Crippen molar-refractivity contribution in [3.8, 4) is 11.3 Å². The number of nitrogens with zero attached hydrogens (tertiary/aromatic N) is 4. The molecule has 1 aliphatic heterocycles. The van der Waals surface area contributed by atoms with Crippen molar-refractivity contribution < 1.29 is 26.7 Å².